The van der Waals surface area contributed by atoms with Gasteiger partial charge in [-0.05, 0) is 44.8 Å². The van der Waals surface area contributed by atoms with Crippen LogP contribution in [0.3, 0.4) is 0 Å². The number of halogens is 1. The minimum absolute atomic E-state index is 0. The van der Waals surface area contributed by atoms with Gasteiger partial charge in [-0.3, -0.25) is 9.78 Å². The number of pyridine rings is 1. The van der Waals surface area contributed by atoms with Gasteiger partial charge < -0.3 is 9.80 Å². The van der Waals surface area contributed by atoms with E-state index in [0.29, 0.717) is 5.75 Å². The van der Waals surface area contributed by atoms with Gasteiger partial charge in [0.05, 0.1) is 5.75 Å². The van der Waals surface area contributed by atoms with E-state index in [0.717, 1.165) is 19.5 Å². The van der Waals surface area contributed by atoms with Gasteiger partial charge in [-0.15, -0.1) is 24.2 Å². The maximum Gasteiger partial charge on any atom is 0.233 e. The maximum atomic E-state index is 11.9. The molecule has 0 bridgehead atoms. The largest absolute Gasteiger partial charge is 0.326 e. The third-order valence-electron chi connectivity index (χ3n) is 2.96. The number of aromatic nitrogens is 1. The summed E-state index contributed by atoms with van der Waals surface area (Å²) in [7, 11) is 4.11. The van der Waals surface area contributed by atoms with Crippen LogP contribution in [-0.4, -0.2) is 53.6 Å². The second kappa shape index (κ2) is 7.72. The number of hydrogen-bond donors (Lipinski definition) is 0. The van der Waals surface area contributed by atoms with Crippen molar-refractivity contribution in [3.05, 3.63) is 30.1 Å². The smallest absolute Gasteiger partial charge is 0.233 e. The van der Waals surface area contributed by atoms with E-state index in [2.05, 4.69) is 24.0 Å². The Balaban J connectivity index is 0.00000180. The minimum Gasteiger partial charge on any atom is -0.326 e. The number of carbonyl (C=O) groups is 1. The second-order valence-corrected chi connectivity index (χ2v) is 5.76. The molecule has 4 nitrogen and oxygen atoms in total. The lowest BCUT2D eigenvalue weighted by molar-refractivity contribution is -0.128. The van der Waals surface area contributed by atoms with Crippen molar-refractivity contribution in [3.8, 4) is 0 Å². The second-order valence-electron chi connectivity index (χ2n) is 4.69. The molecular weight excluding hydrogens is 282 g/mol. The molecule has 1 saturated heterocycles. The van der Waals surface area contributed by atoms with Crippen molar-refractivity contribution in [1.29, 1.82) is 0 Å². The number of carbonyl (C=O) groups excluding carboxylic acids is 1. The van der Waals surface area contributed by atoms with E-state index < -0.39 is 0 Å². The van der Waals surface area contributed by atoms with Gasteiger partial charge in [0.2, 0.25) is 5.91 Å². The minimum atomic E-state index is 0. The number of hydrogen-bond acceptors (Lipinski definition) is 4. The van der Waals surface area contributed by atoms with Crippen molar-refractivity contribution in [3.63, 3.8) is 0 Å². The van der Waals surface area contributed by atoms with Crippen molar-refractivity contribution in [2.24, 2.45) is 0 Å². The van der Waals surface area contributed by atoms with Gasteiger partial charge in [-0.2, -0.15) is 0 Å². The Bertz CT molecular complexity index is 402. The molecule has 0 saturated carbocycles. The highest BCUT2D eigenvalue weighted by Gasteiger charge is 2.32. The lowest BCUT2D eigenvalue weighted by Gasteiger charge is -2.24. The Morgan fingerprint density at radius 2 is 2.11 bits per heavy atom. The van der Waals surface area contributed by atoms with Gasteiger partial charge >= 0.3 is 0 Å². The fourth-order valence-electron chi connectivity index (χ4n) is 2.06. The Morgan fingerprint density at radius 1 is 1.42 bits per heavy atom. The molecule has 106 valence electrons. The Hall–Kier alpha value is -0.780. The quantitative estimate of drug-likeness (QED) is 0.834. The molecule has 1 unspecified atom stereocenters. The van der Waals surface area contributed by atoms with Crippen molar-refractivity contribution in [2.45, 2.75) is 11.8 Å². The van der Waals surface area contributed by atoms with Crippen LogP contribution in [0.1, 0.15) is 17.4 Å². The normalized spacial score (nSPS) is 18.8. The first-order chi connectivity index (χ1) is 8.68. The van der Waals surface area contributed by atoms with Crippen molar-refractivity contribution >= 4 is 30.1 Å². The molecule has 0 spiro atoms. The van der Waals surface area contributed by atoms with Crippen LogP contribution in [0.4, 0.5) is 0 Å². The van der Waals surface area contributed by atoms with Gasteiger partial charge in [0.15, 0.2) is 0 Å². The first-order valence-electron chi connectivity index (χ1n) is 6.14. The first kappa shape index (κ1) is 16.3. The Kier molecular flexibility index (Phi) is 6.62. The molecule has 1 amide bonds. The molecule has 1 fully saturated rings. The maximum absolute atomic E-state index is 11.9. The van der Waals surface area contributed by atoms with E-state index >= 15 is 0 Å². The fraction of sp³-hybridized carbons (Fsp3) is 0.538. The summed E-state index contributed by atoms with van der Waals surface area (Å²) in [6, 6.07) is 3.99. The highest BCUT2D eigenvalue weighted by molar-refractivity contribution is 8.00. The summed E-state index contributed by atoms with van der Waals surface area (Å²) in [5.74, 6) is 0.843. The number of thioether (sulfide) groups is 1. The van der Waals surface area contributed by atoms with Crippen molar-refractivity contribution in [1.82, 2.24) is 14.8 Å². The van der Waals surface area contributed by atoms with Crippen LogP contribution in [0.5, 0.6) is 0 Å². The molecule has 1 aromatic heterocycles. The van der Waals surface area contributed by atoms with Crippen LogP contribution in [0.15, 0.2) is 24.5 Å². The van der Waals surface area contributed by atoms with Gasteiger partial charge in [0.1, 0.15) is 5.37 Å². The summed E-state index contributed by atoms with van der Waals surface area (Å²) in [4.78, 5) is 20.1. The molecule has 19 heavy (non-hydrogen) atoms. The highest BCUT2D eigenvalue weighted by atomic mass is 35.5. The molecule has 6 heteroatoms. The lowest BCUT2D eigenvalue weighted by Crippen LogP contribution is -2.31. The van der Waals surface area contributed by atoms with Crippen molar-refractivity contribution in [2.75, 3.05) is 32.9 Å². The predicted molar refractivity (Wildman–Crippen MR) is 81.6 cm³/mol. The topological polar surface area (TPSA) is 36.4 Å². The lowest BCUT2D eigenvalue weighted by atomic mass is 10.2. The molecule has 0 aliphatic carbocycles. The van der Waals surface area contributed by atoms with E-state index in [-0.39, 0.29) is 23.7 Å². The van der Waals surface area contributed by atoms with Gasteiger partial charge in [-0.1, -0.05) is 0 Å². The third kappa shape index (κ3) is 4.37. The SMILES string of the molecule is CN(C)CCCN1C(=O)CSC1c1ccncc1.Cl. The molecule has 0 N–H and O–H groups in total. The van der Waals surface area contributed by atoms with E-state index in [1.807, 2.05) is 17.0 Å². The molecular formula is C13H20ClN3OS. The van der Waals surface area contributed by atoms with Crippen molar-refractivity contribution < 1.29 is 4.79 Å². The molecule has 1 aromatic rings. The average molecular weight is 302 g/mol. The molecule has 1 atom stereocenters. The molecule has 1 aliphatic heterocycles. The third-order valence-corrected chi connectivity index (χ3v) is 4.22. The summed E-state index contributed by atoms with van der Waals surface area (Å²) in [6.07, 6.45) is 4.59. The summed E-state index contributed by atoms with van der Waals surface area (Å²) in [5, 5.41) is 0.169. The van der Waals surface area contributed by atoms with E-state index in [4.69, 9.17) is 0 Å². The molecule has 2 rings (SSSR count). The Labute approximate surface area is 125 Å². The zero-order valence-electron chi connectivity index (χ0n) is 11.3. The van der Waals surface area contributed by atoms with Gasteiger partial charge in [0, 0.05) is 18.9 Å². The molecule has 0 aromatic carbocycles. The number of amides is 1. The predicted octanol–water partition coefficient (Wildman–Crippen LogP) is 2.03. The van der Waals surface area contributed by atoms with Crippen LogP contribution in [0, 0.1) is 0 Å². The van der Waals surface area contributed by atoms with Crippen LogP contribution in [-0.2, 0) is 4.79 Å². The van der Waals surface area contributed by atoms with E-state index in [1.165, 1.54) is 5.56 Å². The van der Waals surface area contributed by atoms with E-state index in [9.17, 15) is 4.79 Å². The standard InChI is InChI=1S/C13H19N3OS.ClH/c1-15(2)8-3-9-16-12(17)10-18-13(16)11-4-6-14-7-5-11;/h4-7,13H,3,8-10H2,1-2H3;1H. The molecule has 2 heterocycles. The number of nitrogens with zero attached hydrogens (tertiary/aromatic N) is 3. The molecule has 1 aliphatic rings. The first-order valence-corrected chi connectivity index (χ1v) is 7.19. The van der Waals surface area contributed by atoms with Crippen LogP contribution >= 0.6 is 24.2 Å². The summed E-state index contributed by atoms with van der Waals surface area (Å²) < 4.78 is 0. The van der Waals surface area contributed by atoms with Crippen LogP contribution in [0.2, 0.25) is 0 Å². The van der Waals surface area contributed by atoms with Gasteiger partial charge in [0.25, 0.3) is 0 Å². The molecule has 0 radical (unpaired) electrons. The summed E-state index contributed by atoms with van der Waals surface area (Å²) >= 11 is 1.71. The summed E-state index contributed by atoms with van der Waals surface area (Å²) in [5.41, 5.74) is 1.17. The number of rotatable bonds is 5. The van der Waals surface area contributed by atoms with Gasteiger partial charge in [-0.25, -0.2) is 0 Å². The average Bonchev–Trinajstić information content (AvgIpc) is 2.72. The fourth-order valence-corrected chi connectivity index (χ4v) is 3.28. The van der Waals surface area contributed by atoms with E-state index in [1.54, 1.807) is 24.2 Å². The monoisotopic (exact) mass is 301 g/mol. The van der Waals surface area contributed by atoms with Crippen LogP contribution in [0.25, 0.3) is 0 Å². The zero-order chi connectivity index (χ0) is 13.0. The highest BCUT2D eigenvalue weighted by Crippen LogP contribution is 2.38. The zero-order valence-corrected chi connectivity index (χ0v) is 12.9. The summed E-state index contributed by atoms with van der Waals surface area (Å²) in [6.45, 7) is 1.84. The van der Waals surface area contributed by atoms with Crippen LogP contribution < -0.4 is 0 Å². The Morgan fingerprint density at radius 3 is 2.74 bits per heavy atom.